The van der Waals surface area contributed by atoms with Crippen molar-refractivity contribution in [3.05, 3.63) is 64.3 Å². The Morgan fingerprint density at radius 2 is 2.06 bits per heavy atom. The number of piperazine rings is 1. The van der Waals surface area contributed by atoms with E-state index in [0.717, 1.165) is 26.6 Å². The van der Waals surface area contributed by atoms with Crippen LogP contribution in [0.25, 0.3) is 21.0 Å². The van der Waals surface area contributed by atoms with E-state index in [0.29, 0.717) is 35.4 Å². The van der Waals surface area contributed by atoms with E-state index in [9.17, 15) is 9.59 Å². The number of methoxy groups -OCH3 is 1. The van der Waals surface area contributed by atoms with Crippen molar-refractivity contribution in [2.75, 3.05) is 32.5 Å². The van der Waals surface area contributed by atoms with Gasteiger partial charge in [-0.25, -0.2) is 9.97 Å². The van der Waals surface area contributed by atoms with Gasteiger partial charge in [0.2, 0.25) is 5.91 Å². The van der Waals surface area contributed by atoms with E-state index in [4.69, 9.17) is 22.1 Å². The van der Waals surface area contributed by atoms with Crippen LogP contribution in [-0.2, 0) is 16.1 Å². The van der Waals surface area contributed by atoms with Gasteiger partial charge in [-0.05, 0) is 47.3 Å². The van der Waals surface area contributed by atoms with Crippen molar-refractivity contribution in [1.29, 1.82) is 0 Å². The van der Waals surface area contributed by atoms with Gasteiger partial charge in [0, 0.05) is 41.9 Å². The van der Waals surface area contributed by atoms with E-state index in [-0.39, 0.29) is 18.4 Å². The zero-order chi connectivity index (χ0) is 23.8. The van der Waals surface area contributed by atoms with Crippen LogP contribution >= 0.6 is 22.9 Å². The van der Waals surface area contributed by atoms with E-state index < -0.39 is 6.04 Å². The molecule has 0 aliphatic carbocycles. The highest BCUT2D eigenvalue weighted by Gasteiger charge is 2.38. The molecule has 2 aromatic carbocycles. The highest BCUT2D eigenvalue weighted by Crippen LogP contribution is 2.30. The SMILES string of the molecule is COC[C@H]1C(=O)N(Cc2ccc3c(N)ncnc3c2)CCN1C(=O)c1cc2cc(Cl)ccc2s1. The number of nitrogens with two attached hydrogens (primary N) is 1. The first kappa shape index (κ1) is 22.5. The average molecular weight is 496 g/mol. The monoisotopic (exact) mass is 495 g/mol. The molecule has 2 N–H and O–H groups in total. The van der Waals surface area contributed by atoms with E-state index >= 15 is 0 Å². The zero-order valence-electron chi connectivity index (χ0n) is 18.4. The maximum absolute atomic E-state index is 13.4. The van der Waals surface area contributed by atoms with E-state index in [1.54, 1.807) is 15.9 Å². The van der Waals surface area contributed by atoms with Crippen molar-refractivity contribution in [3.8, 4) is 0 Å². The lowest BCUT2D eigenvalue weighted by molar-refractivity contribution is -0.143. The first-order chi connectivity index (χ1) is 16.4. The third kappa shape index (κ3) is 4.18. The second-order valence-electron chi connectivity index (χ2n) is 8.13. The number of fused-ring (bicyclic) bond motifs is 2. The molecule has 1 saturated heterocycles. The Kier molecular flexibility index (Phi) is 6.07. The molecule has 1 aliphatic rings. The number of hydrogen-bond donors (Lipinski definition) is 1. The van der Waals surface area contributed by atoms with Gasteiger partial charge in [-0.2, -0.15) is 0 Å². The van der Waals surface area contributed by atoms with Crippen molar-refractivity contribution in [1.82, 2.24) is 19.8 Å². The number of amides is 2. The number of halogens is 1. The highest BCUT2D eigenvalue weighted by molar-refractivity contribution is 7.20. The molecule has 1 aliphatic heterocycles. The molecule has 4 aromatic rings. The number of nitrogens with zero attached hydrogens (tertiary/aromatic N) is 4. The second-order valence-corrected chi connectivity index (χ2v) is 9.65. The molecule has 0 unspecified atom stereocenters. The van der Waals surface area contributed by atoms with Crippen LogP contribution in [0.2, 0.25) is 5.02 Å². The summed E-state index contributed by atoms with van der Waals surface area (Å²) in [6, 6.07) is 12.4. The third-order valence-electron chi connectivity index (χ3n) is 5.96. The summed E-state index contributed by atoms with van der Waals surface area (Å²) >= 11 is 7.49. The number of anilines is 1. The predicted molar refractivity (Wildman–Crippen MR) is 133 cm³/mol. The second kappa shape index (κ2) is 9.17. The molecular formula is C24H22ClN5O3S. The van der Waals surface area contributed by atoms with Gasteiger partial charge in [0.05, 0.1) is 17.0 Å². The van der Waals surface area contributed by atoms with Gasteiger partial charge in [-0.15, -0.1) is 11.3 Å². The number of ether oxygens (including phenoxy) is 1. The molecule has 10 heteroatoms. The first-order valence-corrected chi connectivity index (χ1v) is 11.9. The summed E-state index contributed by atoms with van der Waals surface area (Å²) in [5.41, 5.74) is 7.57. The molecule has 0 spiro atoms. The Morgan fingerprint density at radius 3 is 2.88 bits per heavy atom. The number of aromatic nitrogens is 2. The molecule has 0 radical (unpaired) electrons. The van der Waals surface area contributed by atoms with Crippen LogP contribution < -0.4 is 5.73 Å². The molecule has 2 amide bonds. The van der Waals surface area contributed by atoms with Gasteiger partial charge in [0.15, 0.2) is 0 Å². The maximum atomic E-state index is 13.4. The number of nitrogen functional groups attached to an aromatic ring is 1. The first-order valence-electron chi connectivity index (χ1n) is 10.7. The molecule has 1 fully saturated rings. The Morgan fingerprint density at radius 1 is 1.21 bits per heavy atom. The Bertz CT molecular complexity index is 1410. The summed E-state index contributed by atoms with van der Waals surface area (Å²) in [6.45, 7) is 1.36. The Balaban J connectivity index is 1.37. The summed E-state index contributed by atoms with van der Waals surface area (Å²) in [7, 11) is 1.53. The smallest absolute Gasteiger partial charge is 0.264 e. The van der Waals surface area contributed by atoms with Gasteiger partial charge in [-0.1, -0.05) is 17.7 Å². The number of thiophene rings is 1. The fraction of sp³-hybridized carbons (Fsp3) is 0.250. The normalized spacial score (nSPS) is 16.5. The van der Waals surface area contributed by atoms with Gasteiger partial charge >= 0.3 is 0 Å². The number of benzene rings is 2. The van der Waals surface area contributed by atoms with Crippen LogP contribution in [0.4, 0.5) is 5.82 Å². The fourth-order valence-electron chi connectivity index (χ4n) is 4.26. The molecule has 174 valence electrons. The minimum Gasteiger partial charge on any atom is -0.383 e. The molecule has 5 rings (SSSR count). The molecule has 8 nitrogen and oxygen atoms in total. The lowest BCUT2D eigenvalue weighted by Gasteiger charge is -2.40. The summed E-state index contributed by atoms with van der Waals surface area (Å²) < 4.78 is 6.30. The van der Waals surface area contributed by atoms with Crippen LogP contribution in [0.5, 0.6) is 0 Å². The third-order valence-corrected chi connectivity index (χ3v) is 7.30. The minimum atomic E-state index is -0.696. The number of carbonyl (C=O) groups is 2. The van der Waals surface area contributed by atoms with Crippen molar-refractivity contribution in [2.45, 2.75) is 12.6 Å². The molecule has 2 aromatic heterocycles. The van der Waals surface area contributed by atoms with Crippen molar-refractivity contribution >= 4 is 61.6 Å². The molecule has 1 atom stereocenters. The van der Waals surface area contributed by atoms with Crippen molar-refractivity contribution in [2.24, 2.45) is 0 Å². The van der Waals surface area contributed by atoms with E-state index in [2.05, 4.69) is 9.97 Å². The molecule has 0 saturated carbocycles. The Hall–Kier alpha value is -3.27. The minimum absolute atomic E-state index is 0.124. The summed E-state index contributed by atoms with van der Waals surface area (Å²) in [5, 5.41) is 2.30. The van der Waals surface area contributed by atoms with E-state index in [1.807, 2.05) is 36.4 Å². The zero-order valence-corrected chi connectivity index (χ0v) is 20.0. The van der Waals surface area contributed by atoms with Gasteiger partial charge < -0.3 is 20.3 Å². The van der Waals surface area contributed by atoms with Crippen LogP contribution in [0.3, 0.4) is 0 Å². The molecule has 3 heterocycles. The fourth-order valence-corrected chi connectivity index (χ4v) is 5.44. The van der Waals surface area contributed by atoms with Crippen LogP contribution in [0.15, 0.2) is 48.8 Å². The lowest BCUT2D eigenvalue weighted by atomic mass is 10.1. The van der Waals surface area contributed by atoms with E-state index in [1.165, 1.54) is 24.8 Å². The van der Waals surface area contributed by atoms with Crippen LogP contribution in [0, 0.1) is 0 Å². The molecule has 0 bridgehead atoms. The van der Waals surface area contributed by atoms with Crippen molar-refractivity contribution < 1.29 is 14.3 Å². The standard InChI is InChI=1S/C24H22ClN5O3S/c1-33-12-19-23(31)29(11-14-2-4-17-18(8-14)27-13-28-22(17)26)6-7-30(19)24(32)21-10-15-9-16(25)3-5-20(15)34-21/h2-5,8-10,13,19H,6-7,11-12H2,1H3,(H2,26,27,28)/t19-/m0/s1. The van der Waals surface area contributed by atoms with Gasteiger partial charge in [0.1, 0.15) is 18.2 Å². The summed E-state index contributed by atoms with van der Waals surface area (Å²) in [4.78, 5) is 39.0. The molecular weight excluding hydrogens is 474 g/mol. The van der Waals surface area contributed by atoms with Gasteiger partial charge in [0.25, 0.3) is 5.91 Å². The number of rotatable bonds is 5. The quantitative estimate of drug-likeness (QED) is 0.454. The average Bonchev–Trinajstić information content (AvgIpc) is 3.25. The summed E-state index contributed by atoms with van der Waals surface area (Å²) in [6.07, 6.45) is 1.42. The number of carbonyl (C=O) groups excluding carboxylic acids is 2. The number of hydrogen-bond acceptors (Lipinski definition) is 7. The topological polar surface area (TPSA) is 102 Å². The predicted octanol–water partition coefficient (Wildman–Crippen LogP) is 3.58. The maximum Gasteiger partial charge on any atom is 0.264 e. The highest BCUT2D eigenvalue weighted by atomic mass is 35.5. The Labute approximate surface area is 204 Å². The molecule has 34 heavy (non-hydrogen) atoms. The summed E-state index contributed by atoms with van der Waals surface area (Å²) in [5.74, 6) is 0.0987. The largest absolute Gasteiger partial charge is 0.383 e. The van der Waals surface area contributed by atoms with Crippen molar-refractivity contribution in [3.63, 3.8) is 0 Å². The van der Waals surface area contributed by atoms with Crippen LogP contribution in [0.1, 0.15) is 15.2 Å². The lowest BCUT2D eigenvalue weighted by Crippen LogP contribution is -2.59. The van der Waals surface area contributed by atoms with Crippen LogP contribution in [-0.4, -0.2) is 64.4 Å². The van der Waals surface area contributed by atoms with Gasteiger partial charge in [-0.3, -0.25) is 9.59 Å².